The number of nitro benzene ring substituents is 1. The van der Waals surface area contributed by atoms with Crippen molar-refractivity contribution >= 4 is 33.2 Å². The Morgan fingerprint density at radius 3 is 1.93 bits per heavy atom. The Balaban J connectivity index is 1.78. The second-order valence-electron chi connectivity index (χ2n) is 10.5. The lowest BCUT2D eigenvalue weighted by atomic mass is 10.0. The van der Waals surface area contributed by atoms with E-state index in [0.29, 0.717) is 6.54 Å². The number of hydrogen-bond donors (Lipinski definition) is 1. The average Bonchev–Trinajstić information content (AvgIpc) is 3.06. The fourth-order valence-electron chi connectivity index (χ4n) is 4.83. The first-order valence-electron chi connectivity index (χ1n) is 14.7. The van der Waals surface area contributed by atoms with Crippen molar-refractivity contribution < 1.29 is 22.9 Å². The van der Waals surface area contributed by atoms with Crippen molar-refractivity contribution in [1.82, 2.24) is 10.2 Å². The summed E-state index contributed by atoms with van der Waals surface area (Å²) in [5.41, 5.74) is 1.45. The van der Waals surface area contributed by atoms with Crippen molar-refractivity contribution in [3.63, 3.8) is 0 Å². The first-order chi connectivity index (χ1) is 21.7. The molecule has 0 bridgehead atoms. The highest BCUT2D eigenvalue weighted by Crippen LogP contribution is 2.27. The molecule has 4 aromatic carbocycles. The maximum Gasteiger partial charge on any atom is 0.269 e. The molecular formula is C34H36N4O6S. The summed E-state index contributed by atoms with van der Waals surface area (Å²) >= 11 is 0. The second-order valence-corrected chi connectivity index (χ2v) is 12.3. The van der Waals surface area contributed by atoms with Gasteiger partial charge in [-0.3, -0.25) is 24.0 Å². The van der Waals surface area contributed by atoms with Crippen molar-refractivity contribution in [3.8, 4) is 0 Å². The number of benzene rings is 4. The number of nitrogens with one attached hydrogen (secondary N) is 1. The lowest BCUT2D eigenvalue weighted by Gasteiger charge is -2.34. The van der Waals surface area contributed by atoms with E-state index in [1.54, 1.807) is 18.2 Å². The van der Waals surface area contributed by atoms with Gasteiger partial charge in [-0.1, -0.05) is 92.2 Å². The molecule has 45 heavy (non-hydrogen) atoms. The van der Waals surface area contributed by atoms with Crippen LogP contribution in [0.15, 0.2) is 120 Å². The molecule has 0 fully saturated rings. The van der Waals surface area contributed by atoms with Gasteiger partial charge >= 0.3 is 0 Å². The van der Waals surface area contributed by atoms with Crippen LogP contribution in [0, 0.1) is 10.1 Å². The largest absolute Gasteiger partial charge is 0.354 e. The zero-order chi connectivity index (χ0) is 32.2. The third-order valence-electron chi connectivity index (χ3n) is 7.25. The Labute approximate surface area is 263 Å². The molecule has 0 aliphatic rings. The van der Waals surface area contributed by atoms with E-state index >= 15 is 0 Å². The molecule has 2 amide bonds. The standard InChI is InChI=1S/C34H36N4O6S/c1-2-3-23-35-34(40)32(24-27-13-7-4-8-14-27)36(25-28-15-9-5-10-16-28)33(39)26-37(29-19-21-30(22-20-29)38(41)42)45(43,44)31-17-11-6-12-18-31/h4-22,32H,2-3,23-26H2,1H3,(H,35,40). The minimum absolute atomic E-state index is 0.0519. The van der Waals surface area contributed by atoms with Gasteiger partial charge in [-0.15, -0.1) is 0 Å². The summed E-state index contributed by atoms with van der Waals surface area (Å²) in [6.45, 7) is 1.86. The highest BCUT2D eigenvalue weighted by molar-refractivity contribution is 7.92. The Hall–Kier alpha value is -5.03. The van der Waals surface area contributed by atoms with E-state index in [2.05, 4.69) is 5.32 Å². The van der Waals surface area contributed by atoms with Crippen molar-refractivity contribution in [2.45, 2.75) is 43.7 Å². The molecule has 4 aromatic rings. The molecule has 234 valence electrons. The number of nitro groups is 1. The second kappa shape index (κ2) is 15.6. The van der Waals surface area contributed by atoms with Crippen LogP contribution in [0.3, 0.4) is 0 Å². The van der Waals surface area contributed by atoms with E-state index in [1.165, 1.54) is 41.3 Å². The molecule has 1 atom stereocenters. The van der Waals surface area contributed by atoms with Crippen LogP contribution < -0.4 is 9.62 Å². The lowest BCUT2D eigenvalue weighted by molar-refractivity contribution is -0.384. The fourth-order valence-corrected chi connectivity index (χ4v) is 6.26. The molecule has 0 aliphatic heterocycles. The molecular weight excluding hydrogens is 592 g/mol. The number of rotatable bonds is 15. The van der Waals surface area contributed by atoms with E-state index in [1.807, 2.05) is 67.6 Å². The fraction of sp³-hybridized carbons (Fsp3) is 0.235. The number of carbonyl (C=O) groups is 2. The number of nitrogens with zero attached hydrogens (tertiary/aromatic N) is 3. The van der Waals surface area contributed by atoms with Crippen molar-refractivity contribution in [1.29, 1.82) is 0 Å². The van der Waals surface area contributed by atoms with Gasteiger partial charge in [-0.25, -0.2) is 8.42 Å². The molecule has 0 spiro atoms. The number of amides is 2. The third-order valence-corrected chi connectivity index (χ3v) is 9.04. The van der Waals surface area contributed by atoms with E-state index < -0.39 is 33.4 Å². The summed E-state index contributed by atoms with van der Waals surface area (Å²) in [5, 5.41) is 14.3. The Morgan fingerprint density at radius 2 is 1.38 bits per heavy atom. The Kier molecular flexibility index (Phi) is 11.4. The molecule has 1 unspecified atom stereocenters. The van der Waals surface area contributed by atoms with Crippen LogP contribution in [0.4, 0.5) is 11.4 Å². The highest BCUT2D eigenvalue weighted by atomic mass is 32.2. The maximum absolute atomic E-state index is 14.4. The maximum atomic E-state index is 14.4. The van der Waals surface area contributed by atoms with Crippen molar-refractivity contribution in [2.24, 2.45) is 0 Å². The molecule has 0 aliphatic carbocycles. The van der Waals surface area contributed by atoms with Gasteiger partial charge in [0.2, 0.25) is 11.8 Å². The summed E-state index contributed by atoms with van der Waals surface area (Å²) in [4.78, 5) is 40.2. The van der Waals surface area contributed by atoms with Crippen LogP contribution in [0.25, 0.3) is 0 Å². The minimum atomic E-state index is -4.30. The average molecular weight is 629 g/mol. The number of unbranched alkanes of at least 4 members (excludes halogenated alkanes) is 1. The molecule has 10 nitrogen and oxygen atoms in total. The molecule has 0 saturated carbocycles. The van der Waals surface area contributed by atoms with Gasteiger partial charge in [0.1, 0.15) is 12.6 Å². The summed E-state index contributed by atoms with van der Waals surface area (Å²) in [5.74, 6) is -0.951. The van der Waals surface area contributed by atoms with Crippen LogP contribution >= 0.6 is 0 Å². The molecule has 11 heteroatoms. The van der Waals surface area contributed by atoms with Crippen molar-refractivity contribution in [2.75, 3.05) is 17.4 Å². The van der Waals surface area contributed by atoms with Gasteiger partial charge in [0.15, 0.2) is 0 Å². The molecule has 4 rings (SSSR count). The van der Waals surface area contributed by atoms with E-state index in [0.717, 1.165) is 28.3 Å². The number of non-ortho nitro benzene ring substituents is 1. The molecule has 1 N–H and O–H groups in total. The molecule has 0 saturated heterocycles. The van der Waals surface area contributed by atoms with Crippen molar-refractivity contribution in [3.05, 3.63) is 137 Å². The Morgan fingerprint density at radius 1 is 0.822 bits per heavy atom. The monoisotopic (exact) mass is 628 g/mol. The number of sulfonamides is 1. The smallest absolute Gasteiger partial charge is 0.269 e. The van der Waals surface area contributed by atoms with Gasteiger partial charge in [0.05, 0.1) is 15.5 Å². The molecule has 0 radical (unpaired) electrons. The van der Waals surface area contributed by atoms with Crippen LogP contribution in [0.1, 0.15) is 30.9 Å². The van der Waals surface area contributed by atoms with Gasteiger partial charge in [-0.05, 0) is 41.8 Å². The van der Waals surface area contributed by atoms with Crippen LogP contribution in [-0.2, 0) is 32.6 Å². The highest BCUT2D eigenvalue weighted by Gasteiger charge is 2.34. The summed E-state index contributed by atoms with van der Waals surface area (Å²) in [6, 6.07) is 30.2. The van der Waals surface area contributed by atoms with Gasteiger partial charge in [-0.2, -0.15) is 0 Å². The predicted octanol–water partition coefficient (Wildman–Crippen LogP) is 5.35. The number of hydrogen-bond acceptors (Lipinski definition) is 6. The summed E-state index contributed by atoms with van der Waals surface area (Å²) < 4.78 is 28.9. The van der Waals surface area contributed by atoms with E-state index in [4.69, 9.17) is 0 Å². The van der Waals surface area contributed by atoms with Gasteiger partial charge < -0.3 is 10.2 Å². The lowest BCUT2D eigenvalue weighted by Crippen LogP contribution is -2.53. The van der Waals surface area contributed by atoms with Crippen LogP contribution in [0.5, 0.6) is 0 Å². The topological polar surface area (TPSA) is 130 Å². The predicted molar refractivity (Wildman–Crippen MR) is 173 cm³/mol. The van der Waals surface area contributed by atoms with E-state index in [-0.39, 0.29) is 35.1 Å². The SMILES string of the molecule is CCCCNC(=O)C(Cc1ccccc1)N(Cc1ccccc1)C(=O)CN(c1ccc([N+](=O)[O-])cc1)S(=O)(=O)c1ccccc1. The minimum Gasteiger partial charge on any atom is -0.354 e. The Bertz CT molecular complexity index is 1670. The first-order valence-corrected chi connectivity index (χ1v) is 16.1. The number of carbonyl (C=O) groups excluding carboxylic acids is 2. The van der Waals surface area contributed by atoms with Gasteiger partial charge in [0.25, 0.3) is 15.7 Å². The number of anilines is 1. The zero-order valence-corrected chi connectivity index (χ0v) is 25.8. The van der Waals surface area contributed by atoms with Crippen LogP contribution in [0.2, 0.25) is 0 Å². The van der Waals surface area contributed by atoms with Gasteiger partial charge in [0, 0.05) is 31.6 Å². The normalized spacial score (nSPS) is 11.8. The van der Waals surface area contributed by atoms with E-state index in [9.17, 15) is 28.1 Å². The zero-order valence-electron chi connectivity index (χ0n) is 25.0. The molecule has 0 aromatic heterocycles. The first kappa shape index (κ1) is 32.9. The quantitative estimate of drug-likeness (QED) is 0.107. The molecule has 0 heterocycles. The third kappa shape index (κ3) is 8.76. The summed E-state index contributed by atoms with van der Waals surface area (Å²) in [6.07, 6.45) is 1.85. The van der Waals surface area contributed by atoms with Crippen LogP contribution in [-0.4, -0.2) is 49.2 Å². The summed E-state index contributed by atoms with van der Waals surface area (Å²) in [7, 11) is -4.30.